The summed E-state index contributed by atoms with van der Waals surface area (Å²) in [6.45, 7) is 1.98. The van der Waals surface area contributed by atoms with Gasteiger partial charge in [-0.2, -0.15) is 0 Å². The predicted molar refractivity (Wildman–Crippen MR) is 77.2 cm³/mol. The van der Waals surface area contributed by atoms with Crippen molar-refractivity contribution in [1.82, 2.24) is 4.98 Å². The number of thiazole rings is 1. The molecule has 0 amide bonds. The summed E-state index contributed by atoms with van der Waals surface area (Å²) in [5.41, 5.74) is 2.25. The summed E-state index contributed by atoms with van der Waals surface area (Å²) in [5, 5.41) is 21.6. The molecule has 4 nitrogen and oxygen atoms in total. The predicted octanol–water partition coefficient (Wildman–Crippen LogP) is 2.78. The van der Waals surface area contributed by atoms with Gasteiger partial charge in [0.2, 0.25) is 0 Å². The highest BCUT2D eigenvalue weighted by Crippen LogP contribution is 2.29. The Morgan fingerprint density at radius 3 is 2.37 bits per heavy atom. The fourth-order valence-electron chi connectivity index (χ4n) is 1.74. The highest BCUT2D eigenvalue weighted by molar-refractivity contribution is 9.10. The maximum atomic E-state index is 9.37. The first-order valence-electron chi connectivity index (χ1n) is 5.71. The zero-order valence-electron chi connectivity index (χ0n) is 10.4. The molecular formula is C13H14BrNO3S. The van der Waals surface area contributed by atoms with Gasteiger partial charge in [-0.3, -0.25) is 0 Å². The first-order valence-corrected chi connectivity index (χ1v) is 7.38. The van der Waals surface area contributed by atoms with Crippen LogP contribution in [0.15, 0.2) is 22.0 Å². The standard InChI is InChI=1S/C13H14BrNO3S/c1-8-7-19-12(15-8)6-18-13-9(4-16)2-11(14)3-10(13)5-17/h2-3,7,16-17H,4-6H2,1H3. The summed E-state index contributed by atoms with van der Waals surface area (Å²) in [6, 6.07) is 3.56. The normalized spacial score (nSPS) is 10.7. The summed E-state index contributed by atoms with van der Waals surface area (Å²) in [7, 11) is 0. The van der Waals surface area contributed by atoms with Crippen molar-refractivity contribution in [2.45, 2.75) is 26.7 Å². The lowest BCUT2D eigenvalue weighted by molar-refractivity contribution is 0.242. The van der Waals surface area contributed by atoms with Gasteiger partial charge in [0.15, 0.2) is 0 Å². The summed E-state index contributed by atoms with van der Waals surface area (Å²) in [4.78, 5) is 4.31. The lowest BCUT2D eigenvalue weighted by Gasteiger charge is -2.13. The van der Waals surface area contributed by atoms with Crippen LogP contribution in [-0.4, -0.2) is 15.2 Å². The lowest BCUT2D eigenvalue weighted by atomic mass is 10.1. The Kier molecular flexibility index (Phi) is 4.93. The Bertz CT molecular complexity index is 546. The average molecular weight is 344 g/mol. The minimum atomic E-state index is -0.140. The first-order chi connectivity index (χ1) is 9.13. The van der Waals surface area contributed by atoms with E-state index in [0.29, 0.717) is 23.5 Å². The van der Waals surface area contributed by atoms with Crippen LogP contribution in [0.25, 0.3) is 0 Å². The molecule has 0 aliphatic heterocycles. The third-order valence-corrected chi connectivity index (χ3v) is 3.95. The van der Waals surface area contributed by atoms with E-state index < -0.39 is 0 Å². The van der Waals surface area contributed by atoms with Gasteiger partial charge >= 0.3 is 0 Å². The molecule has 0 spiro atoms. The molecular weight excluding hydrogens is 330 g/mol. The molecule has 0 saturated carbocycles. The van der Waals surface area contributed by atoms with Gasteiger partial charge in [-0.05, 0) is 19.1 Å². The van der Waals surface area contributed by atoms with Crippen LogP contribution in [0.2, 0.25) is 0 Å². The molecule has 1 aromatic heterocycles. The third-order valence-electron chi connectivity index (χ3n) is 2.55. The second-order valence-electron chi connectivity index (χ2n) is 4.04. The van der Waals surface area contributed by atoms with Crippen LogP contribution < -0.4 is 4.74 Å². The highest BCUT2D eigenvalue weighted by Gasteiger charge is 2.12. The van der Waals surface area contributed by atoms with Gasteiger partial charge in [0, 0.05) is 26.7 Å². The van der Waals surface area contributed by atoms with Crippen LogP contribution in [0.4, 0.5) is 0 Å². The number of aromatic nitrogens is 1. The van der Waals surface area contributed by atoms with E-state index in [2.05, 4.69) is 20.9 Å². The van der Waals surface area contributed by atoms with Gasteiger partial charge in [0.1, 0.15) is 17.4 Å². The summed E-state index contributed by atoms with van der Waals surface area (Å²) in [6.07, 6.45) is 0. The molecule has 0 radical (unpaired) electrons. The maximum Gasteiger partial charge on any atom is 0.140 e. The Balaban J connectivity index is 2.23. The van der Waals surface area contributed by atoms with Crippen molar-refractivity contribution in [2.24, 2.45) is 0 Å². The van der Waals surface area contributed by atoms with E-state index >= 15 is 0 Å². The van der Waals surface area contributed by atoms with Crippen LogP contribution in [0, 0.1) is 6.92 Å². The number of hydrogen-bond acceptors (Lipinski definition) is 5. The van der Waals surface area contributed by atoms with Crippen molar-refractivity contribution in [1.29, 1.82) is 0 Å². The Labute approximate surface area is 123 Å². The van der Waals surface area contributed by atoms with Crippen LogP contribution >= 0.6 is 27.3 Å². The number of aliphatic hydroxyl groups is 2. The molecule has 0 unspecified atom stereocenters. The zero-order valence-corrected chi connectivity index (χ0v) is 12.8. The van der Waals surface area contributed by atoms with Gasteiger partial charge in [0.25, 0.3) is 0 Å². The van der Waals surface area contributed by atoms with Crippen molar-refractivity contribution >= 4 is 27.3 Å². The molecule has 2 N–H and O–H groups in total. The Morgan fingerprint density at radius 2 is 1.89 bits per heavy atom. The largest absolute Gasteiger partial charge is 0.486 e. The number of nitrogens with zero attached hydrogens (tertiary/aromatic N) is 1. The second kappa shape index (κ2) is 6.47. The van der Waals surface area contributed by atoms with Crippen molar-refractivity contribution in [2.75, 3.05) is 0 Å². The molecule has 2 rings (SSSR count). The van der Waals surface area contributed by atoms with Crippen LogP contribution in [0.5, 0.6) is 5.75 Å². The number of aliphatic hydroxyl groups excluding tert-OH is 2. The topological polar surface area (TPSA) is 62.6 Å². The van der Waals surface area contributed by atoms with Gasteiger partial charge in [-0.15, -0.1) is 11.3 Å². The fraction of sp³-hybridized carbons (Fsp3) is 0.308. The highest BCUT2D eigenvalue weighted by atomic mass is 79.9. The van der Waals surface area contributed by atoms with Gasteiger partial charge in [-0.25, -0.2) is 4.98 Å². The molecule has 0 atom stereocenters. The van der Waals surface area contributed by atoms with Crippen LogP contribution in [0.1, 0.15) is 21.8 Å². The molecule has 2 aromatic rings. The molecule has 0 aliphatic rings. The van der Waals surface area contributed by atoms with Crippen molar-refractivity contribution < 1.29 is 14.9 Å². The van der Waals surface area contributed by atoms with E-state index in [0.717, 1.165) is 15.2 Å². The molecule has 0 saturated heterocycles. The molecule has 0 aliphatic carbocycles. The van der Waals surface area contributed by atoms with E-state index in [1.165, 1.54) is 11.3 Å². The summed E-state index contributed by atoms with van der Waals surface area (Å²) < 4.78 is 6.52. The molecule has 1 heterocycles. The van der Waals surface area contributed by atoms with Gasteiger partial charge in [0.05, 0.1) is 13.2 Å². The maximum absolute atomic E-state index is 9.37. The van der Waals surface area contributed by atoms with Crippen LogP contribution in [-0.2, 0) is 19.8 Å². The number of rotatable bonds is 5. The smallest absolute Gasteiger partial charge is 0.140 e. The minimum Gasteiger partial charge on any atom is -0.486 e. The molecule has 1 aromatic carbocycles. The van der Waals surface area contributed by atoms with Gasteiger partial charge in [-0.1, -0.05) is 15.9 Å². The SMILES string of the molecule is Cc1csc(COc2c(CO)cc(Br)cc2CO)n1. The van der Waals surface area contributed by atoms with Crippen molar-refractivity contribution in [3.63, 3.8) is 0 Å². The fourth-order valence-corrected chi connectivity index (χ4v) is 2.97. The van der Waals surface area contributed by atoms with E-state index in [1.807, 2.05) is 12.3 Å². The van der Waals surface area contributed by atoms with Crippen LogP contribution in [0.3, 0.4) is 0 Å². The molecule has 0 fully saturated rings. The number of halogens is 1. The van der Waals surface area contributed by atoms with Gasteiger partial charge < -0.3 is 14.9 Å². The van der Waals surface area contributed by atoms with E-state index in [1.54, 1.807) is 12.1 Å². The molecule has 19 heavy (non-hydrogen) atoms. The summed E-state index contributed by atoms with van der Waals surface area (Å²) >= 11 is 4.87. The van der Waals surface area contributed by atoms with E-state index in [4.69, 9.17) is 4.74 Å². The monoisotopic (exact) mass is 343 g/mol. The average Bonchev–Trinajstić information content (AvgIpc) is 2.81. The second-order valence-corrected chi connectivity index (χ2v) is 5.90. The summed E-state index contributed by atoms with van der Waals surface area (Å²) in [5.74, 6) is 0.529. The lowest BCUT2D eigenvalue weighted by Crippen LogP contribution is -2.02. The van der Waals surface area contributed by atoms with Crippen molar-refractivity contribution in [3.8, 4) is 5.75 Å². The first kappa shape index (κ1) is 14.5. The van der Waals surface area contributed by atoms with E-state index in [-0.39, 0.29) is 13.2 Å². The van der Waals surface area contributed by atoms with Crippen molar-refractivity contribution in [3.05, 3.63) is 43.8 Å². The van der Waals surface area contributed by atoms with E-state index in [9.17, 15) is 10.2 Å². The number of benzene rings is 1. The number of aryl methyl sites for hydroxylation is 1. The quantitative estimate of drug-likeness (QED) is 0.876. The number of ether oxygens (including phenoxy) is 1. The number of hydrogen-bond donors (Lipinski definition) is 2. The molecule has 6 heteroatoms. The zero-order chi connectivity index (χ0) is 13.8. The molecule has 0 bridgehead atoms. The third kappa shape index (κ3) is 3.54. The minimum absolute atomic E-state index is 0.140. The molecule has 102 valence electrons. The Hall–Kier alpha value is -0.950. The Morgan fingerprint density at radius 1 is 1.26 bits per heavy atom.